The molecular weight excluding hydrogens is 242 g/mol. The van der Waals surface area contributed by atoms with Crippen molar-refractivity contribution in [3.05, 3.63) is 12.2 Å². The molecule has 0 aromatic rings. The van der Waals surface area contributed by atoms with Gasteiger partial charge in [0, 0.05) is 12.2 Å². The zero-order valence-corrected chi connectivity index (χ0v) is 8.37. The maximum absolute atomic E-state index is 10.0. The number of aliphatic carboxylic acids is 1. The Morgan fingerprint density at radius 2 is 1.77 bits per heavy atom. The topological polar surface area (TPSA) is 83.5 Å². The van der Waals surface area contributed by atoms with Crippen molar-refractivity contribution in [2.24, 2.45) is 0 Å². The van der Waals surface area contributed by atoms with Crippen LogP contribution in [0, 0.1) is 0 Å². The van der Waals surface area contributed by atoms with Crippen LogP contribution >= 0.6 is 15.9 Å². The summed E-state index contributed by atoms with van der Waals surface area (Å²) in [6, 6.07) is 0. The Hall–Kier alpha value is -1.17. The van der Waals surface area contributed by atoms with Crippen LogP contribution in [0.4, 0.5) is 0 Å². The van der Waals surface area contributed by atoms with Crippen molar-refractivity contribution in [1.82, 2.24) is 5.32 Å². The number of carbonyl (C=O) groups is 3. The van der Waals surface area contributed by atoms with Gasteiger partial charge in [-0.25, -0.2) is 0 Å². The maximum Gasteiger partial charge on any atom is 0.316 e. The molecule has 0 aliphatic carbocycles. The highest BCUT2D eigenvalue weighted by Crippen LogP contribution is 1.93. The molecule has 0 aromatic heterocycles. The molecule has 72 valence electrons. The number of amides is 2. The lowest BCUT2D eigenvalue weighted by Crippen LogP contribution is -2.19. The van der Waals surface area contributed by atoms with E-state index in [0.29, 0.717) is 0 Å². The van der Waals surface area contributed by atoms with Crippen molar-refractivity contribution in [1.29, 1.82) is 0 Å². The minimum absolute atomic E-state index is 0.329. The first-order valence-electron chi connectivity index (χ1n) is 3.33. The van der Waals surface area contributed by atoms with Gasteiger partial charge < -0.3 is 5.11 Å². The molecule has 5 nitrogen and oxygen atoms in total. The summed E-state index contributed by atoms with van der Waals surface area (Å²) >= 11 is 2.84. The van der Waals surface area contributed by atoms with Crippen molar-refractivity contribution in [2.75, 3.05) is 0 Å². The Balaban J connectivity index is 0.000000226. The molecule has 6 heteroatoms. The van der Waals surface area contributed by atoms with Crippen LogP contribution < -0.4 is 5.32 Å². The van der Waals surface area contributed by atoms with E-state index in [9.17, 15) is 14.4 Å². The number of hydrogen-bond donors (Lipinski definition) is 2. The monoisotopic (exact) mass is 249 g/mol. The quantitative estimate of drug-likeness (QED) is 0.509. The maximum atomic E-state index is 10.0. The van der Waals surface area contributed by atoms with E-state index in [1.54, 1.807) is 6.92 Å². The van der Waals surface area contributed by atoms with Crippen molar-refractivity contribution in [3.8, 4) is 0 Å². The van der Waals surface area contributed by atoms with Gasteiger partial charge in [0.1, 0.15) is 4.83 Å². The number of carboxylic acid groups (broad SMARTS) is 1. The first-order chi connectivity index (χ1) is 5.93. The molecule has 1 atom stereocenters. The molecule has 0 bridgehead atoms. The summed E-state index contributed by atoms with van der Waals surface area (Å²) in [6.07, 6.45) is 2.39. The van der Waals surface area contributed by atoms with Gasteiger partial charge >= 0.3 is 5.97 Å². The molecule has 0 aromatic carbocycles. The summed E-state index contributed by atoms with van der Waals surface area (Å²) in [7, 11) is 0. The summed E-state index contributed by atoms with van der Waals surface area (Å²) < 4.78 is 0. The van der Waals surface area contributed by atoms with Crippen molar-refractivity contribution < 1.29 is 19.5 Å². The second kappa shape index (κ2) is 5.47. The summed E-state index contributed by atoms with van der Waals surface area (Å²) in [6.45, 7) is 1.56. The molecule has 0 saturated carbocycles. The summed E-state index contributed by atoms with van der Waals surface area (Å²) in [5.41, 5.74) is 0. The summed E-state index contributed by atoms with van der Waals surface area (Å²) in [5, 5.41) is 9.97. The molecule has 1 unspecified atom stereocenters. The van der Waals surface area contributed by atoms with E-state index in [4.69, 9.17) is 5.11 Å². The van der Waals surface area contributed by atoms with E-state index in [1.807, 2.05) is 5.32 Å². The van der Waals surface area contributed by atoms with E-state index in [-0.39, 0.29) is 11.8 Å². The highest BCUT2D eigenvalue weighted by atomic mass is 79.9. The fraction of sp³-hybridized carbons (Fsp3) is 0.286. The number of rotatable bonds is 1. The lowest BCUT2D eigenvalue weighted by atomic mass is 10.5. The predicted octanol–water partition coefficient (Wildman–Crippen LogP) is 0.0534. The number of alkyl halides is 1. The minimum Gasteiger partial charge on any atom is -0.480 e. The molecule has 2 N–H and O–H groups in total. The Morgan fingerprint density at radius 3 is 1.85 bits per heavy atom. The number of halogens is 1. The Morgan fingerprint density at radius 1 is 1.46 bits per heavy atom. The Kier molecular flexibility index (Phi) is 4.98. The normalized spacial score (nSPS) is 15.8. The van der Waals surface area contributed by atoms with Gasteiger partial charge in [0.2, 0.25) is 0 Å². The van der Waals surface area contributed by atoms with Gasteiger partial charge in [0.25, 0.3) is 11.8 Å². The van der Waals surface area contributed by atoms with Gasteiger partial charge in [-0.3, -0.25) is 19.7 Å². The van der Waals surface area contributed by atoms with Gasteiger partial charge in [-0.1, -0.05) is 15.9 Å². The number of carboxylic acids is 1. The van der Waals surface area contributed by atoms with Gasteiger partial charge in [-0.15, -0.1) is 0 Å². The average Bonchev–Trinajstić information content (AvgIpc) is 2.35. The zero-order chi connectivity index (χ0) is 10.4. The first kappa shape index (κ1) is 11.8. The summed E-state index contributed by atoms with van der Waals surface area (Å²) in [5.74, 6) is -1.48. The molecule has 0 saturated heterocycles. The number of nitrogens with one attached hydrogen (secondary N) is 1. The van der Waals surface area contributed by atoms with Crippen LogP contribution in [-0.4, -0.2) is 27.7 Å². The largest absolute Gasteiger partial charge is 0.480 e. The van der Waals surface area contributed by atoms with E-state index in [1.165, 1.54) is 12.2 Å². The SMILES string of the molecule is CC(Br)C(=O)O.O=C1C=CC(=O)N1. The Bertz CT molecular complexity index is 243. The van der Waals surface area contributed by atoms with E-state index >= 15 is 0 Å². The number of carbonyl (C=O) groups excluding carboxylic acids is 2. The zero-order valence-electron chi connectivity index (χ0n) is 6.78. The third-order valence-corrected chi connectivity index (χ3v) is 1.36. The molecular formula is C7H8BrNO4. The van der Waals surface area contributed by atoms with Gasteiger partial charge in [-0.05, 0) is 6.92 Å². The fourth-order valence-electron chi connectivity index (χ4n) is 0.356. The lowest BCUT2D eigenvalue weighted by molar-refractivity contribution is -0.136. The van der Waals surface area contributed by atoms with Crippen LogP contribution in [0.2, 0.25) is 0 Å². The second-order valence-electron chi connectivity index (χ2n) is 2.14. The van der Waals surface area contributed by atoms with Crippen LogP contribution in [0.25, 0.3) is 0 Å². The molecule has 1 aliphatic heterocycles. The predicted molar refractivity (Wildman–Crippen MR) is 48.3 cm³/mol. The third kappa shape index (κ3) is 6.03. The smallest absolute Gasteiger partial charge is 0.316 e. The number of hydrogen-bond acceptors (Lipinski definition) is 3. The van der Waals surface area contributed by atoms with Crippen molar-refractivity contribution >= 4 is 33.7 Å². The molecule has 1 aliphatic rings. The molecule has 0 fully saturated rings. The second-order valence-corrected chi connectivity index (χ2v) is 3.51. The minimum atomic E-state index is -0.824. The standard InChI is InChI=1S/C4H3NO2.C3H5BrO2/c6-3-1-2-4(7)5-3;1-2(4)3(5)6/h1-2H,(H,5,6,7);2H,1H3,(H,5,6). The van der Waals surface area contributed by atoms with Crippen LogP contribution in [0.5, 0.6) is 0 Å². The van der Waals surface area contributed by atoms with E-state index in [2.05, 4.69) is 15.9 Å². The molecule has 0 radical (unpaired) electrons. The Labute approximate surface area is 82.9 Å². The molecule has 2 amide bonds. The average molecular weight is 250 g/mol. The van der Waals surface area contributed by atoms with Crippen LogP contribution in [0.3, 0.4) is 0 Å². The highest BCUT2D eigenvalue weighted by Gasteiger charge is 2.06. The molecule has 0 spiro atoms. The van der Waals surface area contributed by atoms with E-state index in [0.717, 1.165) is 0 Å². The molecule has 13 heavy (non-hydrogen) atoms. The van der Waals surface area contributed by atoms with Crippen LogP contribution in [0.1, 0.15) is 6.92 Å². The lowest BCUT2D eigenvalue weighted by Gasteiger charge is -1.87. The fourth-order valence-corrected chi connectivity index (χ4v) is 0.356. The summed E-state index contributed by atoms with van der Waals surface area (Å²) in [4.78, 5) is 29.3. The highest BCUT2D eigenvalue weighted by molar-refractivity contribution is 9.10. The van der Waals surface area contributed by atoms with Crippen molar-refractivity contribution in [2.45, 2.75) is 11.8 Å². The van der Waals surface area contributed by atoms with Crippen LogP contribution in [0.15, 0.2) is 12.2 Å². The third-order valence-electron chi connectivity index (χ3n) is 0.973. The van der Waals surface area contributed by atoms with Gasteiger partial charge in [-0.2, -0.15) is 0 Å². The van der Waals surface area contributed by atoms with Crippen molar-refractivity contribution in [3.63, 3.8) is 0 Å². The molecule has 1 rings (SSSR count). The van der Waals surface area contributed by atoms with Gasteiger partial charge in [0.15, 0.2) is 0 Å². The first-order valence-corrected chi connectivity index (χ1v) is 4.25. The molecule has 1 heterocycles. The van der Waals surface area contributed by atoms with E-state index < -0.39 is 10.8 Å². The number of imide groups is 1. The van der Waals surface area contributed by atoms with Gasteiger partial charge in [0.05, 0.1) is 0 Å². The van der Waals surface area contributed by atoms with Crippen LogP contribution in [-0.2, 0) is 14.4 Å².